The first-order valence-electron chi connectivity index (χ1n) is 9.51. The van der Waals surface area contributed by atoms with E-state index in [0.717, 1.165) is 51.4 Å². The van der Waals surface area contributed by atoms with E-state index in [0.29, 0.717) is 12.8 Å². The summed E-state index contributed by atoms with van der Waals surface area (Å²) in [5, 5.41) is 0. The average molecular weight is 370 g/mol. The quantitative estimate of drug-likeness (QED) is 0.248. The Morgan fingerprint density at radius 3 is 1.08 bits per heavy atom. The zero-order valence-corrected chi connectivity index (χ0v) is 16.7. The first kappa shape index (κ1) is 24.3. The van der Waals surface area contributed by atoms with Crippen molar-refractivity contribution in [1.29, 1.82) is 0 Å². The van der Waals surface area contributed by atoms with Crippen molar-refractivity contribution in [3.05, 3.63) is 0 Å². The van der Waals surface area contributed by atoms with Crippen molar-refractivity contribution >= 4 is 23.5 Å². The van der Waals surface area contributed by atoms with Crippen LogP contribution in [0.4, 0.5) is 0 Å². The number of methoxy groups -OCH3 is 2. The maximum atomic E-state index is 11.5. The molecule has 26 heavy (non-hydrogen) atoms. The lowest BCUT2D eigenvalue weighted by Crippen LogP contribution is -2.23. The van der Waals surface area contributed by atoms with Crippen LogP contribution in [-0.4, -0.2) is 37.7 Å². The van der Waals surface area contributed by atoms with Gasteiger partial charge in [-0.05, 0) is 26.7 Å². The molecule has 0 fully saturated rings. The van der Waals surface area contributed by atoms with Gasteiger partial charge in [0.05, 0.1) is 14.2 Å². The third kappa shape index (κ3) is 10.3. The normalized spacial score (nSPS) is 12.9. The molecule has 0 aromatic rings. The van der Waals surface area contributed by atoms with Crippen LogP contribution in [0.2, 0.25) is 0 Å². The molecule has 0 N–H and O–H groups in total. The van der Waals surface area contributed by atoms with Crippen molar-refractivity contribution in [1.82, 2.24) is 0 Å². The summed E-state index contributed by atoms with van der Waals surface area (Å²) in [4.78, 5) is 45.8. The van der Waals surface area contributed by atoms with Crippen LogP contribution in [0.1, 0.15) is 78.1 Å². The van der Waals surface area contributed by atoms with Gasteiger partial charge in [0.15, 0.2) is 0 Å². The summed E-state index contributed by atoms with van der Waals surface area (Å²) in [5.74, 6) is -2.38. The largest absolute Gasteiger partial charge is 0.468 e. The predicted octanol–water partition coefficient (Wildman–Crippen LogP) is 3.64. The van der Waals surface area contributed by atoms with Crippen LogP contribution in [0, 0.1) is 11.8 Å². The maximum Gasteiger partial charge on any atom is 0.316 e. The molecule has 0 aliphatic carbocycles. The molecule has 0 aliphatic rings. The van der Waals surface area contributed by atoms with E-state index in [4.69, 9.17) is 0 Å². The van der Waals surface area contributed by atoms with Gasteiger partial charge in [-0.25, -0.2) is 0 Å². The Bertz CT molecular complexity index is 415. The SMILES string of the molecule is COC(=O)C(CCCCCCCCCCC(C(C)=O)C(=O)OC)C(C)=O. The van der Waals surface area contributed by atoms with Crippen LogP contribution in [0.15, 0.2) is 0 Å². The van der Waals surface area contributed by atoms with E-state index in [1.165, 1.54) is 28.1 Å². The number of unbranched alkanes of at least 4 members (excludes halogenated alkanes) is 7. The third-order valence-electron chi connectivity index (χ3n) is 4.69. The van der Waals surface area contributed by atoms with Gasteiger partial charge in [-0.3, -0.25) is 19.2 Å². The molecule has 0 saturated heterocycles. The van der Waals surface area contributed by atoms with Crippen molar-refractivity contribution in [2.24, 2.45) is 11.8 Å². The lowest BCUT2D eigenvalue weighted by molar-refractivity contribution is -0.150. The Morgan fingerprint density at radius 2 is 0.846 bits per heavy atom. The zero-order chi connectivity index (χ0) is 19.9. The molecule has 6 heteroatoms. The van der Waals surface area contributed by atoms with Crippen molar-refractivity contribution < 1.29 is 28.7 Å². The number of carbonyl (C=O) groups excluding carboxylic acids is 4. The fraction of sp³-hybridized carbons (Fsp3) is 0.800. The zero-order valence-electron chi connectivity index (χ0n) is 16.7. The monoisotopic (exact) mass is 370 g/mol. The van der Waals surface area contributed by atoms with Crippen molar-refractivity contribution in [3.8, 4) is 0 Å². The van der Waals surface area contributed by atoms with Crippen molar-refractivity contribution in [2.75, 3.05) is 14.2 Å². The molecular formula is C20H34O6. The van der Waals surface area contributed by atoms with Gasteiger partial charge in [0.2, 0.25) is 0 Å². The molecule has 0 amide bonds. The van der Waals surface area contributed by atoms with Gasteiger partial charge < -0.3 is 9.47 Å². The van der Waals surface area contributed by atoms with Crippen LogP contribution in [-0.2, 0) is 28.7 Å². The topological polar surface area (TPSA) is 86.7 Å². The molecule has 0 aromatic carbocycles. The molecule has 2 unspecified atom stereocenters. The van der Waals surface area contributed by atoms with Gasteiger partial charge in [-0.1, -0.05) is 51.4 Å². The fourth-order valence-corrected chi connectivity index (χ4v) is 3.02. The van der Waals surface area contributed by atoms with E-state index in [1.54, 1.807) is 0 Å². The van der Waals surface area contributed by atoms with E-state index >= 15 is 0 Å². The number of ether oxygens (including phenoxy) is 2. The number of hydrogen-bond acceptors (Lipinski definition) is 6. The van der Waals surface area contributed by atoms with Crippen molar-refractivity contribution in [2.45, 2.75) is 78.1 Å². The first-order chi connectivity index (χ1) is 12.3. The minimum absolute atomic E-state index is 0.132. The first-order valence-corrected chi connectivity index (χ1v) is 9.51. The highest BCUT2D eigenvalue weighted by Crippen LogP contribution is 2.17. The van der Waals surface area contributed by atoms with E-state index in [1.807, 2.05) is 0 Å². The standard InChI is InChI=1S/C20H34O6/c1-15(21)17(19(23)25-3)13-11-9-7-5-6-8-10-12-14-18(16(2)22)20(24)26-4/h17-18H,5-14H2,1-4H3. The second-order valence-corrected chi connectivity index (χ2v) is 6.78. The second-order valence-electron chi connectivity index (χ2n) is 6.78. The highest BCUT2D eigenvalue weighted by atomic mass is 16.5. The lowest BCUT2D eigenvalue weighted by Gasteiger charge is -2.11. The molecule has 150 valence electrons. The summed E-state index contributed by atoms with van der Waals surface area (Å²) in [5.41, 5.74) is 0. The number of ketones is 2. The van der Waals surface area contributed by atoms with Crippen molar-refractivity contribution in [3.63, 3.8) is 0 Å². The Balaban J connectivity index is 3.70. The summed E-state index contributed by atoms with van der Waals surface area (Å²) in [7, 11) is 2.62. The predicted molar refractivity (Wildman–Crippen MR) is 98.5 cm³/mol. The molecule has 0 heterocycles. The number of Topliss-reactive ketones (excluding diaryl/α,β-unsaturated/α-hetero) is 2. The molecule has 0 aromatic heterocycles. The Kier molecular flexibility index (Phi) is 13.5. The highest BCUT2D eigenvalue weighted by molar-refractivity contribution is 5.98. The van der Waals surface area contributed by atoms with Gasteiger partial charge in [0.25, 0.3) is 0 Å². The van der Waals surface area contributed by atoms with Gasteiger partial charge >= 0.3 is 11.9 Å². The molecule has 6 nitrogen and oxygen atoms in total. The van der Waals surface area contributed by atoms with Gasteiger partial charge in [0.1, 0.15) is 23.4 Å². The Hall–Kier alpha value is -1.72. The Morgan fingerprint density at radius 1 is 0.577 bits per heavy atom. The van der Waals surface area contributed by atoms with E-state index in [2.05, 4.69) is 9.47 Å². The van der Waals surface area contributed by atoms with Crippen LogP contribution < -0.4 is 0 Å². The van der Waals surface area contributed by atoms with E-state index in [-0.39, 0.29) is 11.6 Å². The summed E-state index contributed by atoms with van der Waals surface area (Å²) in [6.45, 7) is 2.86. The number of rotatable bonds is 15. The van der Waals surface area contributed by atoms with Crippen LogP contribution in [0.3, 0.4) is 0 Å². The van der Waals surface area contributed by atoms with E-state index in [9.17, 15) is 19.2 Å². The van der Waals surface area contributed by atoms with Crippen LogP contribution >= 0.6 is 0 Å². The molecular weight excluding hydrogens is 336 g/mol. The third-order valence-corrected chi connectivity index (χ3v) is 4.69. The van der Waals surface area contributed by atoms with Crippen LogP contribution in [0.25, 0.3) is 0 Å². The minimum atomic E-state index is -0.621. The minimum Gasteiger partial charge on any atom is -0.468 e. The summed E-state index contributed by atoms with van der Waals surface area (Å²) in [6, 6.07) is 0. The number of carbonyl (C=O) groups is 4. The summed E-state index contributed by atoms with van der Waals surface area (Å²) >= 11 is 0. The molecule has 0 bridgehead atoms. The highest BCUT2D eigenvalue weighted by Gasteiger charge is 2.24. The number of hydrogen-bond donors (Lipinski definition) is 0. The van der Waals surface area contributed by atoms with Gasteiger partial charge in [0, 0.05) is 0 Å². The number of esters is 2. The maximum absolute atomic E-state index is 11.5. The molecule has 0 aliphatic heterocycles. The molecule has 0 radical (unpaired) electrons. The molecule has 0 spiro atoms. The van der Waals surface area contributed by atoms with Gasteiger partial charge in [-0.2, -0.15) is 0 Å². The molecule has 0 rings (SSSR count). The fourth-order valence-electron chi connectivity index (χ4n) is 3.02. The Labute approximate surface area is 157 Å². The van der Waals surface area contributed by atoms with Crippen LogP contribution in [0.5, 0.6) is 0 Å². The second kappa shape index (κ2) is 14.4. The molecule has 2 atom stereocenters. The summed E-state index contributed by atoms with van der Waals surface area (Å²) < 4.78 is 9.30. The van der Waals surface area contributed by atoms with E-state index < -0.39 is 23.8 Å². The lowest BCUT2D eigenvalue weighted by atomic mass is 9.96. The average Bonchev–Trinajstić information content (AvgIpc) is 2.60. The van der Waals surface area contributed by atoms with Gasteiger partial charge in [-0.15, -0.1) is 0 Å². The smallest absolute Gasteiger partial charge is 0.316 e. The molecule has 0 saturated carbocycles. The summed E-state index contributed by atoms with van der Waals surface area (Å²) in [6.07, 6.45) is 9.16.